The minimum atomic E-state index is -0.279. The van der Waals surface area contributed by atoms with Gasteiger partial charge < -0.3 is 15.4 Å². The Labute approximate surface area is 185 Å². The molecule has 0 aliphatic heterocycles. The molecule has 8 heteroatoms. The normalized spacial score (nSPS) is 20.9. The van der Waals surface area contributed by atoms with Crippen LogP contribution in [0.4, 0.5) is 0 Å². The smallest absolute Gasteiger partial charge is 0.252 e. The molecule has 2 atom stereocenters. The van der Waals surface area contributed by atoms with Crippen molar-refractivity contribution in [3.05, 3.63) is 46.9 Å². The summed E-state index contributed by atoms with van der Waals surface area (Å²) in [6, 6.07) is 7.89. The quantitative estimate of drug-likeness (QED) is 0.544. The first-order valence-electron chi connectivity index (χ1n) is 10.2. The molecule has 5 rings (SSSR count). The molecule has 2 aliphatic carbocycles. The third-order valence-electron chi connectivity index (χ3n) is 5.93. The van der Waals surface area contributed by atoms with Gasteiger partial charge >= 0.3 is 0 Å². The Balaban J connectivity index is 0.00000218. The molecule has 1 aromatic carbocycles. The van der Waals surface area contributed by atoms with Crippen molar-refractivity contribution in [1.82, 2.24) is 20.3 Å². The van der Waals surface area contributed by atoms with E-state index in [0.29, 0.717) is 34.6 Å². The van der Waals surface area contributed by atoms with Gasteiger partial charge in [0, 0.05) is 35.1 Å². The van der Waals surface area contributed by atoms with Crippen LogP contribution in [0.1, 0.15) is 48.3 Å². The number of rotatable bonds is 5. The maximum Gasteiger partial charge on any atom is 0.252 e. The predicted octanol–water partition coefficient (Wildman–Crippen LogP) is 4.30. The first-order valence-corrected chi connectivity index (χ1v) is 10.6. The molecular formula is C22H24Cl2N4O2. The lowest BCUT2D eigenvalue weighted by atomic mass is 10.0. The second kappa shape index (κ2) is 8.53. The number of carbonyl (C=O) groups excluding carboxylic acids is 1. The molecule has 1 amide bonds. The maximum atomic E-state index is 12.6. The number of H-pyrrole nitrogens is 1. The zero-order chi connectivity index (χ0) is 20.0. The number of benzene rings is 1. The van der Waals surface area contributed by atoms with E-state index in [1.54, 1.807) is 6.20 Å². The highest BCUT2D eigenvalue weighted by molar-refractivity contribution is 6.32. The molecule has 0 saturated heterocycles. The van der Waals surface area contributed by atoms with Gasteiger partial charge in [-0.05, 0) is 49.8 Å². The van der Waals surface area contributed by atoms with E-state index in [2.05, 4.69) is 20.3 Å². The standard InChI is InChI=1S/C22H23ClN4O2.ClH/c23-16-11-24-20(9-12-3-1-6-19(12)28)27-21(16)18-10-15-14(4-2-5-17(15)26-18)22(29)25-13-7-8-13;/h2,4-5,10-13,19,26,28H,1,3,6-9H2,(H,25,29);1H/t12-,19+;/m0./s1. The van der Waals surface area contributed by atoms with Crippen LogP contribution < -0.4 is 5.32 Å². The fraction of sp³-hybridized carbons (Fsp3) is 0.409. The summed E-state index contributed by atoms with van der Waals surface area (Å²) in [5.41, 5.74) is 2.89. The molecule has 2 aromatic heterocycles. The van der Waals surface area contributed by atoms with Crippen LogP contribution in [0.5, 0.6) is 0 Å². The minimum absolute atomic E-state index is 0. The van der Waals surface area contributed by atoms with Crippen molar-refractivity contribution in [1.29, 1.82) is 0 Å². The SMILES string of the molecule is Cl.O=C(NC1CC1)c1cccc2[nH]c(-c3nc(C[C@@H]4CCC[C@H]4O)ncc3Cl)cc12. The summed E-state index contributed by atoms with van der Waals surface area (Å²) >= 11 is 6.41. The van der Waals surface area contributed by atoms with Gasteiger partial charge in [0.05, 0.1) is 16.8 Å². The van der Waals surface area contributed by atoms with E-state index in [0.717, 1.165) is 48.7 Å². The number of aliphatic hydroxyl groups is 1. The van der Waals surface area contributed by atoms with Crippen LogP contribution in [0, 0.1) is 5.92 Å². The molecule has 30 heavy (non-hydrogen) atoms. The lowest BCUT2D eigenvalue weighted by molar-refractivity contribution is 0.0952. The highest BCUT2D eigenvalue weighted by Gasteiger charge is 2.27. The van der Waals surface area contributed by atoms with Gasteiger partial charge in [-0.15, -0.1) is 12.4 Å². The molecule has 2 heterocycles. The first-order chi connectivity index (χ1) is 14.1. The zero-order valence-corrected chi connectivity index (χ0v) is 18.0. The summed E-state index contributed by atoms with van der Waals surface area (Å²) in [6.07, 6.45) is 6.96. The monoisotopic (exact) mass is 446 g/mol. The second-order valence-corrected chi connectivity index (χ2v) is 8.55. The molecule has 3 aromatic rings. The summed E-state index contributed by atoms with van der Waals surface area (Å²) < 4.78 is 0. The molecule has 2 fully saturated rings. The van der Waals surface area contributed by atoms with Gasteiger partial charge in [-0.3, -0.25) is 4.79 Å². The number of hydrogen-bond acceptors (Lipinski definition) is 4. The highest BCUT2D eigenvalue weighted by atomic mass is 35.5. The van der Waals surface area contributed by atoms with E-state index in [1.807, 2.05) is 24.3 Å². The molecule has 0 spiro atoms. The largest absolute Gasteiger partial charge is 0.393 e. The highest BCUT2D eigenvalue weighted by Crippen LogP contribution is 2.32. The Morgan fingerprint density at radius 3 is 2.83 bits per heavy atom. The van der Waals surface area contributed by atoms with Gasteiger partial charge in [0.1, 0.15) is 11.5 Å². The third-order valence-corrected chi connectivity index (χ3v) is 6.21. The van der Waals surface area contributed by atoms with E-state index in [9.17, 15) is 9.90 Å². The lowest BCUT2D eigenvalue weighted by Gasteiger charge is -2.13. The Kier molecular flexibility index (Phi) is 6.00. The molecule has 0 radical (unpaired) electrons. The van der Waals surface area contributed by atoms with E-state index < -0.39 is 0 Å². The van der Waals surface area contributed by atoms with Crippen molar-refractivity contribution in [3.8, 4) is 11.4 Å². The van der Waals surface area contributed by atoms with Crippen LogP contribution in [0.2, 0.25) is 5.02 Å². The van der Waals surface area contributed by atoms with Crippen molar-refractivity contribution < 1.29 is 9.90 Å². The van der Waals surface area contributed by atoms with E-state index >= 15 is 0 Å². The van der Waals surface area contributed by atoms with Gasteiger partial charge in [0.25, 0.3) is 5.91 Å². The number of carbonyl (C=O) groups is 1. The van der Waals surface area contributed by atoms with Gasteiger partial charge in [-0.2, -0.15) is 0 Å². The number of aromatic nitrogens is 3. The molecule has 6 nitrogen and oxygen atoms in total. The van der Waals surface area contributed by atoms with E-state index in [1.165, 1.54) is 0 Å². The first kappa shape index (κ1) is 21.1. The topological polar surface area (TPSA) is 90.9 Å². The number of nitrogens with one attached hydrogen (secondary N) is 2. The number of aliphatic hydroxyl groups excluding tert-OH is 1. The molecule has 158 valence electrons. The van der Waals surface area contributed by atoms with Crippen LogP contribution in [-0.2, 0) is 6.42 Å². The molecule has 2 aliphatic rings. The number of amides is 1. The zero-order valence-electron chi connectivity index (χ0n) is 16.4. The summed E-state index contributed by atoms with van der Waals surface area (Å²) in [7, 11) is 0. The Hall–Kier alpha value is -2.15. The fourth-order valence-electron chi connectivity index (χ4n) is 4.15. The van der Waals surface area contributed by atoms with E-state index in [4.69, 9.17) is 11.6 Å². The maximum absolute atomic E-state index is 12.6. The molecule has 3 N–H and O–H groups in total. The number of hydrogen-bond donors (Lipinski definition) is 3. The number of aromatic amines is 1. The lowest BCUT2D eigenvalue weighted by Crippen LogP contribution is -2.25. The van der Waals surface area contributed by atoms with Crippen LogP contribution in [0.15, 0.2) is 30.5 Å². The van der Waals surface area contributed by atoms with Crippen molar-refractivity contribution in [2.24, 2.45) is 5.92 Å². The van der Waals surface area contributed by atoms with E-state index in [-0.39, 0.29) is 30.3 Å². The predicted molar refractivity (Wildman–Crippen MR) is 119 cm³/mol. The van der Waals surface area contributed by atoms with Crippen LogP contribution in [-0.4, -0.2) is 38.1 Å². The van der Waals surface area contributed by atoms with Gasteiger partial charge in [0.2, 0.25) is 0 Å². The number of nitrogens with zero attached hydrogens (tertiary/aromatic N) is 2. The average molecular weight is 447 g/mol. The Morgan fingerprint density at radius 1 is 1.27 bits per heavy atom. The average Bonchev–Trinajstić information content (AvgIpc) is 3.27. The summed E-state index contributed by atoms with van der Waals surface area (Å²) in [6.45, 7) is 0. The Morgan fingerprint density at radius 2 is 2.10 bits per heavy atom. The van der Waals surface area contributed by atoms with Gasteiger partial charge in [0.15, 0.2) is 0 Å². The fourth-order valence-corrected chi connectivity index (χ4v) is 4.35. The third kappa shape index (κ3) is 4.17. The van der Waals surface area contributed by atoms with Crippen LogP contribution >= 0.6 is 24.0 Å². The van der Waals surface area contributed by atoms with Gasteiger partial charge in [-0.1, -0.05) is 24.1 Å². The minimum Gasteiger partial charge on any atom is -0.393 e. The van der Waals surface area contributed by atoms with Crippen molar-refractivity contribution in [3.63, 3.8) is 0 Å². The van der Waals surface area contributed by atoms with Gasteiger partial charge in [-0.25, -0.2) is 9.97 Å². The molecule has 2 saturated carbocycles. The number of fused-ring (bicyclic) bond motifs is 1. The van der Waals surface area contributed by atoms with Crippen LogP contribution in [0.3, 0.4) is 0 Å². The number of halogens is 2. The summed E-state index contributed by atoms with van der Waals surface area (Å²) in [5.74, 6) is 0.832. The van der Waals surface area contributed by atoms with Crippen molar-refractivity contribution >= 4 is 40.8 Å². The van der Waals surface area contributed by atoms with Crippen molar-refractivity contribution in [2.75, 3.05) is 0 Å². The Bertz CT molecular complexity index is 1080. The molecule has 0 unspecified atom stereocenters. The second-order valence-electron chi connectivity index (χ2n) is 8.14. The van der Waals surface area contributed by atoms with Crippen LogP contribution in [0.25, 0.3) is 22.3 Å². The molecular weight excluding hydrogens is 423 g/mol. The molecule has 0 bridgehead atoms. The van der Waals surface area contributed by atoms with Crippen molar-refractivity contribution in [2.45, 2.75) is 50.7 Å². The summed E-state index contributed by atoms with van der Waals surface area (Å²) in [4.78, 5) is 25.0. The summed E-state index contributed by atoms with van der Waals surface area (Å²) in [5, 5.41) is 14.5.